The highest BCUT2D eigenvalue weighted by Gasteiger charge is 2.30. The van der Waals surface area contributed by atoms with E-state index in [1.807, 2.05) is 13.0 Å². The van der Waals surface area contributed by atoms with E-state index < -0.39 is 6.04 Å². The Morgan fingerprint density at radius 3 is 2.41 bits per heavy atom. The minimum Gasteiger partial charge on any atom is -0.494 e. The van der Waals surface area contributed by atoms with Crippen LogP contribution in [0.2, 0.25) is 15.1 Å². The molecule has 1 N–H and O–H groups in total. The number of carbonyl (C=O) groups is 2. The third kappa shape index (κ3) is 7.79. The van der Waals surface area contributed by atoms with Crippen molar-refractivity contribution in [3.05, 3.63) is 63.1 Å². The lowest BCUT2D eigenvalue weighted by Gasteiger charge is -2.31. The summed E-state index contributed by atoms with van der Waals surface area (Å²) in [5, 5.41) is 4.67. The summed E-state index contributed by atoms with van der Waals surface area (Å²) in [6.45, 7) is 2.60. The van der Waals surface area contributed by atoms with Gasteiger partial charge in [-0.05, 0) is 67.6 Å². The van der Waals surface area contributed by atoms with Crippen LogP contribution < -0.4 is 10.1 Å². The van der Waals surface area contributed by atoms with Gasteiger partial charge in [0, 0.05) is 24.0 Å². The van der Waals surface area contributed by atoms with Crippen LogP contribution in [0, 0.1) is 0 Å². The first-order chi connectivity index (χ1) is 16.4. The fraction of sp³-hybridized carbons (Fsp3) is 0.462. The van der Waals surface area contributed by atoms with E-state index in [4.69, 9.17) is 39.5 Å². The Bertz CT molecular complexity index is 962. The standard InChI is InChI=1S/C26H31Cl3N2O3/c1-2-24(26(33)30-20-6-3-4-7-20)31(17-18-9-14-22(28)23(29)16-18)25(32)8-5-15-34-21-12-10-19(27)11-13-21/h9-14,16,20,24H,2-8,15,17H2,1H3,(H,30,33)/t24-/m0/s1. The zero-order chi connectivity index (χ0) is 24.5. The molecule has 0 heterocycles. The monoisotopic (exact) mass is 524 g/mol. The molecule has 34 heavy (non-hydrogen) atoms. The van der Waals surface area contributed by atoms with Crippen molar-refractivity contribution in [1.82, 2.24) is 10.2 Å². The van der Waals surface area contributed by atoms with Crippen LogP contribution >= 0.6 is 34.8 Å². The number of carbonyl (C=O) groups excluding carboxylic acids is 2. The van der Waals surface area contributed by atoms with Crippen LogP contribution in [0.15, 0.2) is 42.5 Å². The van der Waals surface area contributed by atoms with E-state index in [1.165, 1.54) is 0 Å². The summed E-state index contributed by atoms with van der Waals surface area (Å²) in [5.41, 5.74) is 0.826. The number of rotatable bonds is 11. The molecule has 0 bridgehead atoms. The van der Waals surface area contributed by atoms with Crippen molar-refractivity contribution >= 4 is 46.6 Å². The molecular formula is C26H31Cl3N2O3. The van der Waals surface area contributed by atoms with Gasteiger partial charge in [-0.15, -0.1) is 0 Å². The molecule has 1 aliphatic carbocycles. The fourth-order valence-electron chi connectivity index (χ4n) is 4.21. The smallest absolute Gasteiger partial charge is 0.243 e. The molecule has 0 spiro atoms. The molecule has 0 unspecified atom stereocenters. The van der Waals surface area contributed by atoms with Crippen molar-refractivity contribution in [3.63, 3.8) is 0 Å². The second-order valence-electron chi connectivity index (χ2n) is 8.59. The van der Waals surface area contributed by atoms with Crippen LogP contribution in [0.25, 0.3) is 0 Å². The Kier molecular flexibility index (Phi) is 10.4. The molecule has 2 amide bonds. The van der Waals surface area contributed by atoms with Crippen LogP contribution in [-0.4, -0.2) is 35.4 Å². The molecule has 1 aliphatic rings. The SMILES string of the molecule is CC[C@@H](C(=O)NC1CCCC1)N(Cc1ccc(Cl)c(Cl)c1)C(=O)CCCOc1ccc(Cl)cc1. The maximum atomic E-state index is 13.3. The van der Waals surface area contributed by atoms with Crippen LogP contribution in [0.1, 0.15) is 57.4 Å². The molecule has 3 rings (SSSR count). The average Bonchev–Trinajstić information content (AvgIpc) is 3.33. The fourth-order valence-corrected chi connectivity index (χ4v) is 4.66. The van der Waals surface area contributed by atoms with E-state index in [-0.39, 0.29) is 30.8 Å². The molecule has 0 aromatic heterocycles. The summed E-state index contributed by atoms with van der Waals surface area (Å²) in [7, 11) is 0. The third-order valence-electron chi connectivity index (χ3n) is 6.04. The van der Waals surface area contributed by atoms with Crippen LogP contribution in [0.5, 0.6) is 5.75 Å². The van der Waals surface area contributed by atoms with Crippen LogP contribution in [-0.2, 0) is 16.1 Å². The number of hydrogen-bond acceptors (Lipinski definition) is 3. The second-order valence-corrected chi connectivity index (χ2v) is 9.84. The molecule has 8 heteroatoms. The Morgan fingerprint density at radius 2 is 1.76 bits per heavy atom. The largest absolute Gasteiger partial charge is 0.494 e. The van der Waals surface area contributed by atoms with Gasteiger partial charge in [0.1, 0.15) is 11.8 Å². The molecule has 1 atom stereocenters. The lowest BCUT2D eigenvalue weighted by atomic mass is 10.1. The first kappa shape index (κ1) is 26.7. The maximum absolute atomic E-state index is 13.3. The van der Waals surface area contributed by atoms with Crippen LogP contribution in [0.3, 0.4) is 0 Å². The summed E-state index contributed by atoms with van der Waals surface area (Å²) in [4.78, 5) is 28.1. The first-order valence-corrected chi connectivity index (χ1v) is 12.9. The van der Waals surface area contributed by atoms with Gasteiger partial charge < -0.3 is 15.0 Å². The van der Waals surface area contributed by atoms with Gasteiger partial charge in [-0.25, -0.2) is 0 Å². The molecule has 2 aromatic carbocycles. The van der Waals surface area contributed by atoms with Crippen molar-refractivity contribution in [2.45, 2.75) is 70.5 Å². The number of nitrogens with zero attached hydrogens (tertiary/aromatic N) is 1. The van der Waals surface area contributed by atoms with Gasteiger partial charge in [-0.3, -0.25) is 9.59 Å². The number of ether oxygens (including phenoxy) is 1. The minimum absolute atomic E-state index is 0.0970. The number of nitrogens with one attached hydrogen (secondary N) is 1. The first-order valence-electron chi connectivity index (χ1n) is 11.8. The lowest BCUT2D eigenvalue weighted by molar-refractivity contribution is -0.141. The van der Waals surface area contributed by atoms with E-state index in [2.05, 4.69) is 5.32 Å². The van der Waals surface area contributed by atoms with Gasteiger partial charge in [-0.2, -0.15) is 0 Å². The summed E-state index contributed by atoms with van der Waals surface area (Å²) >= 11 is 18.2. The highest BCUT2D eigenvalue weighted by molar-refractivity contribution is 6.42. The van der Waals surface area contributed by atoms with Gasteiger partial charge in [0.2, 0.25) is 11.8 Å². The predicted octanol–water partition coefficient (Wildman–Crippen LogP) is 6.67. The van der Waals surface area contributed by atoms with Crippen molar-refractivity contribution in [2.75, 3.05) is 6.61 Å². The highest BCUT2D eigenvalue weighted by atomic mass is 35.5. The highest BCUT2D eigenvalue weighted by Crippen LogP contribution is 2.25. The third-order valence-corrected chi connectivity index (χ3v) is 7.03. The van der Waals surface area contributed by atoms with E-state index in [0.717, 1.165) is 31.2 Å². The van der Waals surface area contributed by atoms with Gasteiger partial charge in [0.25, 0.3) is 0 Å². The molecule has 2 aromatic rings. The number of benzene rings is 2. The summed E-state index contributed by atoms with van der Waals surface area (Å²) in [5.74, 6) is 0.506. The van der Waals surface area contributed by atoms with E-state index in [9.17, 15) is 9.59 Å². The Labute approximate surface area is 216 Å². The molecule has 1 saturated carbocycles. The van der Waals surface area contributed by atoms with Crippen molar-refractivity contribution in [2.24, 2.45) is 0 Å². The second kappa shape index (κ2) is 13.2. The van der Waals surface area contributed by atoms with Gasteiger partial charge in [0.15, 0.2) is 0 Å². The Morgan fingerprint density at radius 1 is 1.06 bits per heavy atom. The summed E-state index contributed by atoms with van der Waals surface area (Å²) in [6, 6.07) is 12.0. The normalized spacial score (nSPS) is 14.6. The van der Waals surface area contributed by atoms with E-state index in [1.54, 1.807) is 41.3 Å². The van der Waals surface area contributed by atoms with E-state index >= 15 is 0 Å². The van der Waals surface area contributed by atoms with Gasteiger partial charge >= 0.3 is 0 Å². The molecule has 0 radical (unpaired) electrons. The van der Waals surface area contributed by atoms with Gasteiger partial charge in [0.05, 0.1) is 16.7 Å². The zero-order valence-electron chi connectivity index (χ0n) is 19.4. The summed E-state index contributed by atoms with van der Waals surface area (Å²) < 4.78 is 5.72. The summed E-state index contributed by atoms with van der Waals surface area (Å²) in [6.07, 6.45) is 5.55. The zero-order valence-corrected chi connectivity index (χ0v) is 21.6. The maximum Gasteiger partial charge on any atom is 0.243 e. The van der Waals surface area contributed by atoms with Crippen molar-refractivity contribution in [1.29, 1.82) is 0 Å². The predicted molar refractivity (Wildman–Crippen MR) is 138 cm³/mol. The van der Waals surface area contributed by atoms with E-state index in [0.29, 0.717) is 40.3 Å². The Balaban J connectivity index is 1.66. The van der Waals surface area contributed by atoms with Gasteiger partial charge in [-0.1, -0.05) is 60.6 Å². The molecule has 1 fully saturated rings. The topological polar surface area (TPSA) is 58.6 Å². The minimum atomic E-state index is -0.556. The number of hydrogen-bond donors (Lipinski definition) is 1. The quantitative estimate of drug-likeness (QED) is 0.333. The molecule has 0 aliphatic heterocycles. The number of amides is 2. The molecular weight excluding hydrogens is 495 g/mol. The lowest BCUT2D eigenvalue weighted by Crippen LogP contribution is -2.50. The molecule has 5 nitrogen and oxygen atoms in total. The molecule has 184 valence electrons. The Hall–Kier alpha value is -1.95. The van der Waals surface area contributed by atoms with Crippen molar-refractivity contribution in [3.8, 4) is 5.75 Å². The average molecular weight is 526 g/mol. The number of halogens is 3. The van der Waals surface area contributed by atoms with Crippen molar-refractivity contribution < 1.29 is 14.3 Å². The van der Waals surface area contributed by atoms with Crippen LogP contribution in [0.4, 0.5) is 0 Å². The molecule has 0 saturated heterocycles.